The molecule has 1 saturated heterocycles. The van der Waals surface area contributed by atoms with E-state index in [-0.39, 0.29) is 0 Å². The first kappa shape index (κ1) is 11.2. The third-order valence-electron chi connectivity index (χ3n) is 3.52. The Kier molecular flexibility index (Phi) is 4.68. The van der Waals surface area contributed by atoms with Crippen LogP contribution in [0.2, 0.25) is 0 Å². The molecule has 0 bridgehead atoms. The molecule has 0 spiro atoms. The van der Waals surface area contributed by atoms with Gasteiger partial charge in [-0.1, -0.05) is 12.2 Å². The van der Waals surface area contributed by atoms with Gasteiger partial charge in [0, 0.05) is 19.3 Å². The molecule has 2 rings (SSSR count). The van der Waals surface area contributed by atoms with E-state index in [1.54, 1.807) is 0 Å². The van der Waals surface area contributed by atoms with Gasteiger partial charge in [0.25, 0.3) is 0 Å². The monoisotopic (exact) mass is 209 g/mol. The number of hydrogen-bond donors (Lipinski definition) is 1. The van der Waals surface area contributed by atoms with E-state index in [9.17, 15) is 0 Å². The van der Waals surface area contributed by atoms with Crippen LogP contribution in [0.25, 0.3) is 0 Å². The highest BCUT2D eigenvalue weighted by Gasteiger charge is 2.15. The summed E-state index contributed by atoms with van der Waals surface area (Å²) in [4.78, 5) is 0. The summed E-state index contributed by atoms with van der Waals surface area (Å²) in [5.74, 6) is 0.874. The molecule has 0 aromatic heterocycles. The zero-order chi connectivity index (χ0) is 10.3. The first-order valence-corrected chi connectivity index (χ1v) is 6.41. The first-order chi connectivity index (χ1) is 7.45. The second-order valence-electron chi connectivity index (χ2n) is 4.80. The van der Waals surface area contributed by atoms with Crippen LogP contribution in [0.3, 0.4) is 0 Å². The predicted octanol–water partition coefficient (Wildman–Crippen LogP) is 2.50. The Morgan fingerprint density at radius 2 is 2.13 bits per heavy atom. The van der Waals surface area contributed by atoms with E-state index in [0.29, 0.717) is 6.04 Å². The Labute approximate surface area is 93.1 Å². The molecule has 1 aliphatic heterocycles. The fourth-order valence-corrected chi connectivity index (χ4v) is 2.48. The van der Waals surface area contributed by atoms with Crippen molar-refractivity contribution in [3.05, 3.63) is 12.2 Å². The van der Waals surface area contributed by atoms with Crippen molar-refractivity contribution in [2.75, 3.05) is 19.8 Å². The quantitative estimate of drug-likeness (QED) is 0.721. The molecule has 1 heterocycles. The number of nitrogens with one attached hydrogen (secondary N) is 1. The lowest BCUT2D eigenvalue weighted by atomic mass is 9.94. The fraction of sp³-hybridized carbons (Fsp3) is 0.846. The van der Waals surface area contributed by atoms with Gasteiger partial charge in [-0.05, 0) is 51.0 Å². The Morgan fingerprint density at radius 3 is 3.00 bits per heavy atom. The lowest BCUT2D eigenvalue weighted by Crippen LogP contribution is -2.33. The number of ether oxygens (including phenoxy) is 1. The third-order valence-corrected chi connectivity index (χ3v) is 3.52. The highest BCUT2D eigenvalue weighted by Crippen LogP contribution is 2.18. The van der Waals surface area contributed by atoms with Gasteiger partial charge >= 0.3 is 0 Å². The summed E-state index contributed by atoms with van der Waals surface area (Å²) in [5, 5.41) is 3.72. The third kappa shape index (κ3) is 3.96. The van der Waals surface area contributed by atoms with Gasteiger partial charge in [0.2, 0.25) is 0 Å². The van der Waals surface area contributed by atoms with Gasteiger partial charge in [-0.15, -0.1) is 0 Å². The molecule has 1 fully saturated rings. The van der Waals surface area contributed by atoms with Crippen LogP contribution in [-0.2, 0) is 4.74 Å². The molecule has 0 radical (unpaired) electrons. The molecule has 0 aromatic carbocycles. The topological polar surface area (TPSA) is 21.3 Å². The Balaban J connectivity index is 1.65. The molecule has 2 aliphatic rings. The van der Waals surface area contributed by atoms with Crippen molar-refractivity contribution in [1.82, 2.24) is 5.32 Å². The standard InChI is InChI=1S/C13H23NO/c1-2-5-12(6-3-1)11-14-13-7-4-9-15-10-8-13/h1-2,12-14H,3-11H2. The summed E-state index contributed by atoms with van der Waals surface area (Å²) in [5.41, 5.74) is 0. The summed E-state index contributed by atoms with van der Waals surface area (Å²) in [7, 11) is 0. The minimum Gasteiger partial charge on any atom is -0.381 e. The van der Waals surface area contributed by atoms with Crippen molar-refractivity contribution in [3.8, 4) is 0 Å². The molecule has 0 saturated carbocycles. The molecule has 2 heteroatoms. The second kappa shape index (κ2) is 6.29. The van der Waals surface area contributed by atoms with Crippen molar-refractivity contribution >= 4 is 0 Å². The maximum atomic E-state index is 5.47. The second-order valence-corrected chi connectivity index (χ2v) is 4.80. The van der Waals surface area contributed by atoms with E-state index in [0.717, 1.165) is 19.1 Å². The average Bonchev–Trinajstić information content (AvgIpc) is 2.56. The van der Waals surface area contributed by atoms with Crippen molar-refractivity contribution in [3.63, 3.8) is 0 Å². The van der Waals surface area contributed by atoms with E-state index < -0.39 is 0 Å². The van der Waals surface area contributed by atoms with E-state index in [1.165, 1.54) is 45.1 Å². The van der Waals surface area contributed by atoms with Crippen LogP contribution in [0.5, 0.6) is 0 Å². The first-order valence-electron chi connectivity index (χ1n) is 6.41. The Morgan fingerprint density at radius 1 is 1.13 bits per heavy atom. The van der Waals surface area contributed by atoms with Crippen molar-refractivity contribution in [1.29, 1.82) is 0 Å². The van der Waals surface area contributed by atoms with Gasteiger partial charge in [0.1, 0.15) is 0 Å². The van der Waals surface area contributed by atoms with Crippen LogP contribution in [-0.4, -0.2) is 25.8 Å². The van der Waals surface area contributed by atoms with Gasteiger partial charge in [-0.3, -0.25) is 0 Å². The summed E-state index contributed by atoms with van der Waals surface area (Å²) in [6.07, 6.45) is 12.3. The molecular weight excluding hydrogens is 186 g/mol. The highest BCUT2D eigenvalue weighted by atomic mass is 16.5. The molecule has 0 amide bonds. The normalized spacial score (nSPS) is 32.5. The number of hydrogen-bond acceptors (Lipinski definition) is 2. The van der Waals surface area contributed by atoms with E-state index in [4.69, 9.17) is 4.74 Å². The van der Waals surface area contributed by atoms with Gasteiger partial charge in [0.15, 0.2) is 0 Å². The smallest absolute Gasteiger partial charge is 0.0480 e. The van der Waals surface area contributed by atoms with Gasteiger partial charge in [-0.2, -0.15) is 0 Å². The van der Waals surface area contributed by atoms with Crippen LogP contribution in [0.15, 0.2) is 12.2 Å². The maximum absolute atomic E-state index is 5.47. The zero-order valence-corrected chi connectivity index (χ0v) is 9.58. The van der Waals surface area contributed by atoms with Crippen LogP contribution in [0, 0.1) is 5.92 Å². The van der Waals surface area contributed by atoms with Crippen molar-refractivity contribution in [2.45, 2.75) is 44.6 Å². The molecule has 0 aromatic rings. The van der Waals surface area contributed by atoms with Crippen LogP contribution >= 0.6 is 0 Å². The molecule has 15 heavy (non-hydrogen) atoms. The van der Waals surface area contributed by atoms with Crippen molar-refractivity contribution < 1.29 is 4.74 Å². The zero-order valence-electron chi connectivity index (χ0n) is 9.58. The minimum absolute atomic E-state index is 0.707. The van der Waals surface area contributed by atoms with Gasteiger partial charge in [-0.25, -0.2) is 0 Å². The summed E-state index contributed by atoms with van der Waals surface area (Å²) in [6, 6.07) is 0.707. The molecule has 2 unspecified atom stereocenters. The summed E-state index contributed by atoms with van der Waals surface area (Å²) < 4.78 is 5.47. The van der Waals surface area contributed by atoms with Crippen LogP contribution < -0.4 is 5.32 Å². The Hall–Kier alpha value is -0.340. The largest absolute Gasteiger partial charge is 0.381 e. The highest BCUT2D eigenvalue weighted by molar-refractivity contribution is 4.90. The van der Waals surface area contributed by atoms with E-state index >= 15 is 0 Å². The Bertz CT molecular complexity index is 195. The summed E-state index contributed by atoms with van der Waals surface area (Å²) >= 11 is 0. The molecule has 1 aliphatic carbocycles. The maximum Gasteiger partial charge on any atom is 0.0480 e. The number of rotatable bonds is 3. The van der Waals surface area contributed by atoms with Gasteiger partial charge < -0.3 is 10.1 Å². The summed E-state index contributed by atoms with van der Waals surface area (Å²) in [6.45, 7) is 3.11. The van der Waals surface area contributed by atoms with E-state index in [2.05, 4.69) is 17.5 Å². The van der Waals surface area contributed by atoms with Crippen molar-refractivity contribution in [2.24, 2.45) is 5.92 Å². The number of allylic oxidation sites excluding steroid dienone is 2. The lowest BCUT2D eigenvalue weighted by molar-refractivity contribution is 0.142. The lowest BCUT2D eigenvalue weighted by Gasteiger charge is -2.22. The molecule has 1 N–H and O–H groups in total. The van der Waals surface area contributed by atoms with Gasteiger partial charge in [0.05, 0.1) is 0 Å². The average molecular weight is 209 g/mol. The molecule has 2 nitrogen and oxygen atoms in total. The predicted molar refractivity (Wildman–Crippen MR) is 62.9 cm³/mol. The fourth-order valence-electron chi connectivity index (χ4n) is 2.48. The van der Waals surface area contributed by atoms with E-state index in [1.807, 2.05) is 0 Å². The van der Waals surface area contributed by atoms with Crippen LogP contribution in [0.1, 0.15) is 38.5 Å². The molecular formula is C13H23NO. The SMILES string of the molecule is C1=CCC(CNC2CCCOCC2)CC1. The molecule has 86 valence electrons. The minimum atomic E-state index is 0.707. The molecule has 2 atom stereocenters. The van der Waals surface area contributed by atoms with Crippen LogP contribution in [0.4, 0.5) is 0 Å².